The van der Waals surface area contributed by atoms with Crippen molar-refractivity contribution in [3.63, 3.8) is 0 Å². The minimum Gasteiger partial charge on any atom is -0.381 e. The molecule has 3 nitrogen and oxygen atoms in total. The number of hydrogen-bond donors (Lipinski definition) is 2. The molecular weight excluding hydrogens is 164 g/mol. The molecule has 0 amide bonds. The lowest BCUT2D eigenvalue weighted by Gasteiger charge is -1.99. The van der Waals surface area contributed by atoms with Crippen molar-refractivity contribution in [1.29, 1.82) is 5.41 Å². The zero-order valence-electron chi connectivity index (χ0n) is 8.44. The van der Waals surface area contributed by atoms with E-state index in [9.17, 15) is 4.79 Å². The van der Waals surface area contributed by atoms with Crippen LogP contribution in [0.15, 0.2) is 0 Å². The molecule has 0 aromatic heterocycles. The topological polar surface area (TPSA) is 66.9 Å². The number of hydrogen-bond acceptors (Lipinski definition) is 2. The summed E-state index contributed by atoms with van der Waals surface area (Å²) in [6, 6.07) is 0. The van der Waals surface area contributed by atoms with Gasteiger partial charge in [0, 0.05) is 6.42 Å². The molecule has 0 aliphatic rings. The molecule has 0 saturated heterocycles. The van der Waals surface area contributed by atoms with E-state index >= 15 is 0 Å². The molecule has 0 radical (unpaired) electrons. The second-order valence-electron chi connectivity index (χ2n) is 3.35. The Kier molecular flexibility index (Phi) is 7.26. The second kappa shape index (κ2) is 7.77. The van der Waals surface area contributed by atoms with E-state index in [1.165, 1.54) is 25.7 Å². The number of carbonyl (C=O) groups is 1. The molecule has 0 heterocycles. The highest BCUT2D eigenvalue weighted by Gasteiger charge is 2.03. The molecule has 13 heavy (non-hydrogen) atoms. The third-order valence-electron chi connectivity index (χ3n) is 2.06. The van der Waals surface area contributed by atoms with Gasteiger partial charge in [0.25, 0.3) is 0 Å². The molecule has 0 spiro atoms. The predicted octanol–water partition coefficient (Wildman–Crippen LogP) is 2.24. The fourth-order valence-electron chi connectivity index (χ4n) is 1.20. The lowest BCUT2D eigenvalue weighted by molar-refractivity contribution is -0.113. The predicted molar refractivity (Wildman–Crippen MR) is 54.9 cm³/mol. The maximum atomic E-state index is 10.9. The van der Waals surface area contributed by atoms with E-state index in [0.29, 0.717) is 6.42 Å². The first-order chi connectivity index (χ1) is 6.18. The standard InChI is InChI=1S/C10H20N2O/c1-2-3-4-5-6-7-8-9(13)10(11)12/h2-8H2,1H3,(H3,11,12). The summed E-state index contributed by atoms with van der Waals surface area (Å²) in [6.07, 6.45) is 7.37. The summed E-state index contributed by atoms with van der Waals surface area (Å²) in [5, 5.41) is 6.87. The van der Waals surface area contributed by atoms with E-state index in [-0.39, 0.29) is 11.6 Å². The van der Waals surface area contributed by atoms with Gasteiger partial charge in [0.15, 0.2) is 11.6 Å². The smallest absolute Gasteiger partial charge is 0.196 e. The van der Waals surface area contributed by atoms with Crippen LogP contribution in [0.5, 0.6) is 0 Å². The van der Waals surface area contributed by atoms with Gasteiger partial charge in [0.1, 0.15) is 0 Å². The summed E-state index contributed by atoms with van der Waals surface area (Å²) >= 11 is 0. The Morgan fingerprint density at radius 2 is 1.69 bits per heavy atom. The Hall–Kier alpha value is -0.860. The summed E-state index contributed by atoms with van der Waals surface area (Å²) in [4.78, 5) is 10.9. The summed E-state index contributed by atoms with van der Waals surface area (Å²) in [7, 11) is 0. The van der Waals surface area contributed by atoms with E-state index in [1.54, 1.807) is 0 Å². The Bertz CT molecular complexity index is 166. The molecule has 76 valence electrons. The molecule has 0 aromatic carbocycles. The Labute approximate surface area is 80.2 Å². The first-order valence-corrected chi connectivity index (χ1v) is 5.05. The fourth-order valence-corrected chi connectivity index (χ4v) is 1.20. The lowest BCUT2D eigenvalue weighted by Crippen LogP contribution is -2.21. The summed E-state index contributed by atoms with van der Waals surface area (Å²) in [5.74, 6) is -0.510. The van der Waals surface area contributed by atoms with E-state index in [0.717, 1.165) is 12.8 Å². The number of carbonyl (C=O) groups excluding carboxylic acids is 1. The molecule has 3 N–H and O–H groups in total. The summed E-state index contributed by atoms with van der Waals surface area (Å²) in [6.45, 7) is 2.18. The average Bonchev–Trinajstić information content (AvgIpc) is 2.10. The van der Waals surface area contributed by atoms with E-state index in [1.807, 2.05) is 0 Å². The summed E-state index contributed by atoms with van der Waals surface area (Å²) in [5.41, 5.74) is 5.03. The van der Waals surface area contributed by atoms with Gasteiger partial charge in [-0.25, -0.2) is 0 Å². The van der Waals surface area contributed by atoms with Gasteiger partial charge in [-0.15, -0.1) is 0 Å². The molecular formula is C10H20N2O. The van der Waals surface area contributed by atoms with Crippen LogP contribution >= 0.6 is 0 Å². The first-order valence-electron chi connectivity index (χ1n) is 5.05. The van der Waals surface area contributed by atoms with Crippen LogP contribution in [-0.4, -0.2) is 11.6 Å². The number of Topliss-reactive ketones (excluding diaryl/α,β-unsaturated/α-hetero) is 1. The molecule has 0 rings (SSSR count). The largest absolute Gasteiger partial charge is 0.381 e. The maximum Gasteiger partial charge on any atom is 0.196 e. The van der Waals surface area contributed by atoms with Crippen LogP contribution in [0.4, 0.5) is 0 Å². The van der Waals surface area contributed by atoms with Crippen LogP contribution < -0.4 is 5.73 Å². The van der Waals surface area contributed by atoms with Gasteiger partial charge in [-0.3, -0.25) is 10.2 Å². The van der Waals surface area contributed by atoms with Gasteiger partial charge in [-0.2, -0.15) is 0 Å². The van der Waals surface area contributed by atoms with Crippen molar-refractivity contribution < 1.29 is 4.79 Å². The highest BCUT2D eigenvalue weighted by atomic mass is 16.1. The molecule has 0 fully saturated rings. The minimum atomic E-state index is -0.298. The molecule has 0 aliphatic carbocycles. The minimum absolute atomic E-state index is 0.213. The Morgan fingerprint density at radius 3 is 2.23 bits per heavy atom. The van der Waals surface area contributed by atoms with Crippen molar-refractivity contribution in [3.8, 4) is 0 Å². The molecule has 0 atom stereocenters. The van der Waals surface area contributed by atoms with E-state index in [4.69, 9.17) is 11.1 Å². The third-order valence-corrected chi connectivity index (χ3v) is 2.06. The maximum absolute atomic E-state index is 10.9. The first kappa shape index (κ1) is 12.1. The number of nitrogens with two attached hydrogens (primary N) is 1. The zero-order chi connectivity index (χ0) is 10.1. The molecule has 0 bridgehead atoms. The monoisotopic (exact) mass is 184 g/mol. The van der Waals surface area contributed by atoms with Crippen LogP contribution in [0.1, 0.15) is 51.9 Å². The Balaban J connectivity index is 3.16. The van der Waals surface area contributed by atoms with E-state index < -0.39 is 0 Å². The molecule has 3 heteroatoms. The van der Waals surface area contributed by atoms with Crippen LogP contribution in [-0.2, 0) is 4.79 Å². The van der Waals surface area contributed by atoms with Crippen molar-refractivity contribution >= 4 is 11.6 Å². The normalized spacial score (nSPS) is 9.92. The summed E-state index contributed by atoms with van der Waals surface area (Å²) < 4.78 is 0. The SMILES string of the molecule is CCCCCCCCC(=O)C(=N)N. The number of ketones is 1. The van der Waals surface area contributed by atoms with Gasteiger partial charge in [-0.05, 0) is 6.42 Å². The lowest BCUT2D eigenvalue weighted by atomic mass is 10.1. The number of unbranched alkanes of at least 4 members (excludes halogenated alkanes) is 5. The van der Waals surface area contributed by atoms with Crippen LogP contribution in [0.25, 0.3) is 0 Å². The molecule has 0 aliphatic heterocycles. The number of amidine groups is 1. The van der Waals surface area contributed by atoms with Gasteiger partial charge < -0.3 is 5.73 Å². The van der Waals surface area contributed by atoms with E-state index in [2.05, 4.69) is 6.92 Å². The third kappa shape index (κ3) is 7.50. The molecule has 0 aromatic rings. The van der Waals surface area contributed by atoms with Gasteiger partial charge in [-0.1, -0.05) is 39.0 Å². The molecule has 0 unspecified atom stereocenters. The Morgan fingerprint density at radius 1 is 1.15 bits per heavy atom. The van der Waals surface area contributed by atoms with Crippen molar-refractivity contribution in [2.45, 2.75) is 51.9 Å². The fraction of sp³-hybridized carbons (Fsp3) is 0.800. The number of rotatable bonds is 8. The van der Waals surface area contributed by atoms with Crippen molar-refractivity contribution in [3.05, 3.63) is 0 Å². The van der Waals surface area contributed by atoms with Gasteiger partial charge in [0.05, 0.1) is 0 Å². The van der Waals surface area contributed by atoms with Crippen molar-refractivity contribution in [1.82, 2.24) is 0 Å². The van der Waals surface area contributed by atoms with Crippen molar-refractivity contribution in [2.75, 3.05) is 0 Å². The average molecular weight is 184 g/mol. The van der Waals surface area contributed by atoms with Crippen molar-refractivity contribution in [2.24, 2.45) is 5.73 Å². The van der Waals surface area contributed by atoms with Crippen LogP contribution in [0.2, 0.25) is 0 Å². The highest BCUT2D eigenvalue weighted by Crippen LogP contribution is 2.06. The van der Waals surface area contributed by atoms with Gasteiger partial charge >= 0.3 is 0 Å². The van der Waals surface area contributed by atoms with Crippen LogP contribution in [0, 0.1) is 5.41 Å². The zero-order valence-corrected chi connectivity index (χ0v) is 8.44. The second-order valence-corrected chi connectivity index (χ2v) is 3.35. The quantitative estimate of drug-likeness (QED) is 0.345. The van der Waals surface area contributed by atoms with Gasteiger partial charge in [0.2, 0.25) is 0 Å². The van der Waals surface area contributed by atoms with Crippen LogP contribution in [0.3, 0.4) is 0 Å². The number of nitrogens with one attached hydrogen (secondary N) is 1. The molecule has 0 saturated carbocycles. The highest BCUT2D eigenvalue weighted by molar-refractivity contribution is 6.36.